The molecule has 4 rings (SSSR count). The molecule has 0 unspecified atom stereocenters. The summed E-state index contributed by atoms with van der Waals surface area (Å²) in [5.41, 5.74) is 13.4. The van der Waals surface area contributed by atoms with Crippen molar-refractivity contribution in [3.8, 4) is 17.2 Å². The summed E-state index contributed by atoms with van der Waals surface area (Å²) < 4.78 is 47.6. The zero-order chi connectivity index (χ0) is 29.6. The van der Waals surface area contributed by atoms with Crippen LogP contribution in [0.15, 0.2) is 77.6 Å². The summed E-state index contributed by atoms with van der Waals surface area (Å²) >= 11 is 0. The summed E-state index contributed by atoms with van der Waals surface area (Å²) in [5.74, 6) is -1.45. The van der Waals surface area contributed by atoms with Crippen molar-refractivity contribution in [2.75, 3.05) is 23.0 Å². The number of rotatable bonds is 6. The van der Waals surface area contributed by atoms with Crippen LogP contribution < -0.4 is 27.1 Å². The number of hydrogen-bond donors (Lipinski definition) is 5. The molecule has 0 fully saturated rings. The number of carbonyl (C=O) groups excluding carboxylic acids is 1. The Bertz CT molecular complexity index is 1730. The molecule has 1 heterocycles. The van der Waals surface area contributed by atoms with Crippen LogP contribution in [-0.2, 0) is 10.1 Å². The van der Waals surface area contributed by atoms with Crippen molar-refractivity contribution in [1.29, 1.82) is 5.41 Å². The summed E-state index contributed by atoms with van der Waals surface area (Å²) in [7, 11) is -3.67. The molecule has 11 nitrogen and oxygen atoms in total. The molecule has 0 aliphatic heterocycles. The molecule has 0 atom stereocenters. The van der Waals surface area contributed by atoms with Gasteiger partial charge in [0.1, 0.15) is 5.56 Å². The molecule has 0 saturated carbocycles. The van der Waals surface area contributed by atoms with Crippen LogP contribution in [0.3, 0.4) is 0 Å². The lowest BCUT2D eigenvalue weighted by atomic mass is 10.1. The number of hydrogen-bond acceptors (Lipinski definition) is 8. The number of halogens is 1. The molecule has 0 saturated heterocycles. The Kier molecular flexibility index (Phi) is 9.04. The Labute approximate surface area is 229 Å². The maximum absolute atomic E-state index is 14.7. The summed E-state index contributed by atoms with van der Waals surface area (Å²) in [5, 5.41) is 9.93. The second-order valence-corrected chi connectivity index (χ2v) is 9.93. The number of nitrogens with two attached hydrogens (primary N) is 2. The SMILES string of the molecule is CS(=O)(=O)O.Cc1ccc(C(=O)Nc2ccc(Oc3cc(C=N)c(N)cc3N)c(F)c2)c(=O)n1-c1ccccc1. The average Bonchev–Trinajstić information content (AvgIpc) is 2.86. The summed E-state index contributed by atoms with van der Waals surface area (Å²) in [6.45, 7) is 1.77. The Morgan fingerprint density at radius 2 is 1.68 bits per heavy atom. The van der Waals surface area contributed by atoms with E-state index in [4.69, 9.17) is 26.2 Å². The van der Waals surface area contributed by atoms with Gasteiger partial charge in [-0.1, -0.05) is 18.2 Å². The number of nitrogens with zero attached hydrogens (tertiary/aromatic N) is 1. The lowest BCUT2D eigenvalue weighted by Crippen LogP contribution is -2.29. The highest BCUT2D eigenvalue weighted by Crippen LogP contribution is 2.33. The molecule has 7 N–H and O–H groups in total. The molecule has 13 heteroatoms. The predicted molar refractivity (Wildman–Crippen MR) is 152 cm³/mol. The van der Waals surface area contributed by atoms with Crippen molar-refractivity contribution >= 4 is 39.3 Å². The number of nitrogen functional groups attached to an aromatic ring is 2. The molecule has 208 valence electrons. The molecule has 3 aromatic carbocycles. The number of amides is 1. The first kappa shape index (κ1) is 29.5. The third kappa shape index (κ3) is 7.52. The monoisotopic (exact) mass is 567 g/mol. The maximum atomic E-state index is 14.7. The number of nitrogens with one attached hydrogen (secondary N) is 2. The third-order valence-corrected chi connectivity index (χ3v) is 5.32. The summed E-state index contributed by atoms with van der Waals surface area (Å²) in [4.78, 5) is 25.9. The Morgan fingerprint density at radius 3 is 2.27 bits per heavy atom. The van der Waals surface area contributed by atoms with Crippen molar-refractivity contribution in [1.82, 2.24) is 4.57 Å². The van der Waals surface area contributed by atoms with Crippen LogP contribution >= 0.6 is 0 Å². The Balaban J connectivity index is 0.000000810. The van der Waals surface area contributed by atoms with Gasteiger partial charge in [0, 0.05) is 40.6 Å². The van der Waals surface area contributed by atoms with E-state index in [2.05, 4.69) is 5.32 Å². The lowest BCUT2D eigenvalue weighted by molar-refractivity contribution is 0.102. The van der Waals surface area contributed by atoms with Crippen molar-refractivity contribution in [3.05, 3.63) is 106 Å². The Hall–Kier alpha value is -5.01. The van der Waals surface area contributed by atoms with Gasteiger partial charge in [0.15, 0.2) is 17.3 Å². The van der Waals surface area contributed by atoms with Gasteiger partial charge >= 0.3 is 0 Å². The van der Waals surface area contributed by atoms with Crippen LogP contribution in [0.1, 0.15) is 21.6 Å². The van der Waals surface area contributed by atoms with Gasteiger partial charge in [-0.3, -0.25) is 18.7 Å². The van der Waals surface area contributed by atoms with E-state index in [1.54, 1.807) is 37.3 Å². The van der Waals surface area contributed by atoms with Gasteiger partial charge in [-0.15, -0.1) is 0 Å². The smallest absolute Gasteiger partial charge is 0.268 e. The van der Waals surface area contributed by atoms with E-state index >= 15 is 0 Å². The maximum Gasteiger partial charge on any atom is 0.268 e. The van der Waals surface area contributed by atoms with Gasteiger partial charge in [-0.2, -0.15) is 8.42 Å². The van der Waals surface area contributed by atoms with Crippen molar-refractivity contribution in [2.24, 2.45) is 0 Å². The van der Waals surface area contributed by atoms with Crippen LogP contribution in [0.4, 0.5) is 21.5 Å². The van der Waals surface area contributed by atoms with Crippen LogP contribution in [0.25, 0.3) is 5.69 Å². The molecule has 0 spiro atoms. The number of carbonyl (C=O) groups is 1. The third-order valence-electron chi connectivity index (χ3n) is 5.32. The molecule has 0 radical (unpaired) electrons. The first-order valence-electron chi connectivity index (χ1n) is 11.5. The highest BCUT2D eigenvalue weighted by molar-refractivity contribution is 7.85. The molecule has 0 aliphatic carbocycles. The van der Waals surface area contributed by atoms with Crippen LogP contribution in [-0.4, -0.2) is 35.9 Å². The van der Waals surface area contributed by atoms with Gasteiger partial charge in [-0.25, -0.2) is 4.39 Å². The number of benzene rings is 3. The van der Waals surface area contributed by atoms with E-state index in [-0.39, 0.29) is 28.4 Å². The van der Waals surface area contributed by atoms with Gasteiger partial charge in [-0.05, 0) is 55.5 Å². The lowest BCUT2D eigenvalue weighted by Gasteiger charge is -2.13. The van der Waals surface area contributed by atoms with Crippen LogP contribution in [0.2, 0.25) is 0 Å². The summed E-state index contributed by atoms with van der Waals surface area (Å²) in [6.07, 6.45) is 1.75. The van der Waals surface area contributed by atoms with E-state index in [0.29, 0.717) is 28.9 Å². The standard InChI is InChI=1S/C26H22FN5O3.CH4O3S/c1-15-7-9-19(26(34)32(15)18-5-3-2-4-6-18)25(33)31-17-8-10-23(20(27)12-17)35-24-11-16(14-28)21(29)13-22(24)30;1-5(2,3)4/h2-14,28H,29-30H2,1H3,(H,31,33);1H3,(H,2,3,4). The van der Waals surface area contributed by atoms with E-state index in [9.17, 15) is 22.4 Å². The van der Waals surface area contributed by atoms with Gasteiger partial charge in [0.2, 0.25) is 0 Å². The zero-order valence-corrected chi connectivity index (χ0v) is 22.2. The van der Waals surface area contributed by atoms with Gasteiger partial charge in [0.05, 0.1) is 11.9 Å². The molecule has 40 heavy (non-hydrogen) atoms. The van der Waals surface area contributed by atoms with Crippen LogP contribution in [0, 0.1) is 18.2 Å². The minimum atomic E-state index is -3.67. The number of anilines is 3. The summed E-state index contributed by atoms with van der Waals surface area (Å²) in [6, 6.07) is 18.7. The first-order chi connectivity index (χ1) is 18.8. The largest absolute Gasteiger partial charge is 0.452 e. The average molecular weight is 568 g/mol. The minimum absolute atomic E-state index is 0.0889. The minimum Gasteiger partial charge on any atom is -0.452 e. The first-order valence-corrected chi connectivity index (χ1v) is 13.3. The number of pyridine rings is 1. The molecule has 1 aromatic heterocycles. The van der Waals surface area contributed by atoms with E-state index in [1.165, 1.54) is 34.9 Å². The number of para-hydroxylation sites is 1. The second kappa shape index (κ2) is 12.2. The van der Waals surface area contributed by atoms with E-state index in [1.807, 2.05) is 6.07 Å². The van der Waals surface area contributed by atoms with E-state index in [0.717, 1.165) is 12.3 Å². The Morgan fingerprint density at radius 1 is 1.02 bits per heavy atom. The number of aromatic nitrogens is 1. The van der Waals surface area contributed by atoms with Crippen molar-refractivity contribution < 1.29 is 26.9 Å². The van der Waals surface area contributed by atoms with Crippen molar-refractivity contribution in [3.63, 3.8) is 0 Å². The topological polar surface area (TPSA) is 191 Å². The highest BCUT2D eigenvalue weighted by atomic mass is 32.2. The van der Waals surface area contributed by atoms with Crippen LogP contribution in [0.5, 0.6) is 11.5 Å². The number of ether oxygens (including phenoxy) is 1. The molecule has 0 bridgehead atoms. The molecular formula is C27H26FN5O6S. The molecular weight excluding hydrogens is 541 g/mol. The highest BCUT2D eigenvalue weighted by Gasteiger charge is 2.17. The quantitative estimate of drug-likeness (QED) is 0.131. The van der Waals surface area contributed by atoms with Crippen molar-refractivity contribution in [2.45, 2.75) is 6.92 Å². The van der Waals surface area contributed by atoms with Gasteiger partial charge in [0.25, 0.3) is 21.6 Å². The fourth-order valence-corrected chi connectivity index (χ4v) is 3.52. The molecule has 4 aromatic rings. The molecule has 1 amide bonds. The number of aryl methyl sites for hydroxylation is 1. The fourth-order valence-electron chi connectivity index (χ4n) is 3.52. The fraction of sp³-hybridized carbons (Fsp3) is 0.0741. The van der Waals surface area contributed by atoms with E-state index < -0.39 is 27.4 Å². The predicted octanol–water partition coefficient (Wildman–Crippen LogP) is 4.00. The van der Waals surface area contributed by atoms with Gasteiger partial charge < -0.3 is 26.9 Å². The normalized spacial score (nSPS) is 10.7. The zero-order valence-electron chi connectivity index (χ0n) is 21.4. The molecule has 0 aliphatic rings. The second-order valence-electron chi connectivity index (χ2n) is 8.46.